The summed E-state index contributed by atoms with van der Waals surface area (Å²) in [6.45, 7) is -0.00207. The third-order valence-electron chi connectivity index (χ3n) is 3.42. The van der Waals surface area contributed by atoms with Crippen molar-refractivity contribution in [2.24, 2.45) is 11.1 Å². The second kappa shape index (κ2) is 5.97. The van der Waals surface area contributed by atoms with Crippen LogP contribution in [0.4, 0.5) is 0 Å². The number of nitrogens with two attached hydrogens (primary N) is 1. The van der Waals surface area contributed by atoms with Gasteiger partial charge in [0.2, 0.25) is 5.91 Å². The molecule has 0 spiro atoms. The van der Waals surface area contributed by atoms with E-state index in [0.29, 0.717) is 0 Å². The molecule has 1 atom stereocenters. The van der Waals surface area contributed by atoms with Crippen LogP contribution in [0.25, 0.3) is 0 Å². The topological polar surface area (TPSA) is 113 Å². The van der Waals surface area contributed by atoms with E-state index in [0.717, 1.165) is 32.1 Å². The minimum absolute atomic E-state index is 0.236. The van der Waals surface area contributed by atoms with Gasteiger partial charge in [-0.15, -0.1) is 0 Å². The summed E-state index contributed by atoms with van der Waals surface area (Å²) in [6.07, 6.45) is 2.94. The summed E-state index contributed by atoms with van der Waals surface area (Å²) in [5.41, 5.74) is 5.09. The average Bonchev–Trinajstić information content (AvgIpc) is 2.36. The van der Waals surface area contributed by atoms with E-state index in [1.807, 2.05) is 0 Å². The second-order valence-electron chi connectivity index (χ2n) is 4.61. The van der Waals surface area contributed by atoms with Gasteiger partial charge in [0.25, 0.3) is 0 Å². The molecule has 1 rings (SSSR count). The zero-order valence-electron chi connectivity index (χ0n) is 9.82. The normalized spacial score (nSPS) is 20.6. The summed E-state index contributed by atoms with van der Waals surface area (Å²) in [6, 6.07) is 0. The maximum atomic E-state index is 12.0. The van der Waals surface area contributed by atoms with Crippen molar-refractivity contribution >= 4 is 11.9 Å². The number of carbonyl (C=O) groups is 2. The Kier molecular flexibility index (Phi) is 4.89. The van der Waals surface area contributed by atoms with Crippen molar-refractivity contribution in [3.63, 3.8) is 0 Å². The van der Waals surface area contributed by atoms with Crippen LogP contribution in [-0.2, 0) is 9.59 Å². The van der Waals surface area contributed by atoms with E-state index in [1.165, 1.54) is 0 Å². The molecule has 0 bridgehead atoms. The Morgan fingerprint density at radius 3 is 2.35 bits per heavy atom. The molecule has 0 aromatic carbocycles. The van der Waals surface area contributed by atoms with Gasteiger partial charge in [0.1, 0.15) is 0 Å². The Morgan fingerprint density at radius 1 is 1.29 bits per heavy atom. The predicted molar refractivity (Wildman–Crippen MR) is 61.2 cm³/mol. The number of carboxylic acid groups (broad SMARTS) is 1. The molecule has 0 aromatic rings. The lowest BCUT2D eigenvalue weighted by atomic mass is 9.73. The fraction of sp³-hybridized carbons (Fsp3) is 0.818. The molecule has 98 valence electrons. The van der Waals surface area contributed by atoms with Crippen molar-refractivity contribution in [1.82, 2.24) is 5.32 Å². The molecule has 17 heavy (non-hydrogen) atoms. The second-order valence-corrected chi connectivity index (χ2v) is 4.61. The molecule has 5 N–H and O–H groups in total. The Hall–Kier alpha value is -1.14. The van der Waals surface area contributed by atoms with E-state index in [9.17, 15) is 9.59 Å². The first-order valence-electron chi connectivity index (χ1n) is 5.91. The monoisotopic (exact) mass is 244 g/mol. The van der Waals surface area contributed by atoms with Gasteiger partial charge >= 0.3 is 5.97 Å². The van der Waals surface area contributed by atoms with Crippen LogP contribution in [-0.4, -0.2) is 41.3 Å². The molecule has 0 saturated heterocycles. The summed E-state index contributed by atoms with van der Waals surface area (Å²) in [7, 11) is 0. The summed E-state index contributed by atoms with van der Waals surface area (Å²) in [5.74, 6) is -1.57. The number of hydrogen-bond acceptors (Lipinski definition) is 4. The zero-order valence-corrected chi connectivity index (χ0v) is 9.82. The van der Waals surface area contributed by atoms with Gasteiger partial charge in [-0.05, 0) is 12.8 Å². The van der Waals surface area contributed by atoms with Crippen LogP contribution in [0.3, 0.4) is 0 Å². The van der Waals surface area contributed by atoms with Gasteiger partial charge < -0.3 is 21.3 Å². The van der Waals surface area contributed by atoms with Gasteiger partial charge in [0.15, 0.2) is 6.10 Å². The summed E-state index contributed by atoms with van der Waals surface area (Å²) < 4.78 is 0. The predicted octanol–water partition coefficient (Wildman–Crippen LogP) is -0.543. The van der Waals surface area contributed by atoms with Crippen molar-refractivity contribution in [2.75, 3.05) is 13.1 Å². The highest BCUT2D eigenvalue weighted by Gasteiger charge is 2.38. The van der Waals surface area contributed by atoms with Gasteiger partial charge in [-0.3, -0.25) is 4.79 Å². The van der Waals surface area contributed by atoms with Gasteiger partial charge in [-0.25, -0.2) is 4.79 Å². The van der Waals surface area contributed by atoms with E-state index in [-0.39, 0.29) is 19.0 Å². The van der Waals surface area contributed by atoms with Crippen LogP contribution >= 0.6 is 0 Å². The van der Waals surface area contributed by atoms with Crippen LogP contribution in [0.2, 0.25) is 0 Å². The molecule has 1 saturated carbocycles. The number of aliphatic hydroxyl groups excluding tert-OH is 1. The highest BCUT2D eigenvalue weighted by molar-refractivity contribution is 5.83. The maximum Gasteiger partial charge on any atom is 0.334 e. The smallest absolute Gasteiger partial charge is 0.334 e. The summed E-state index contributed by atoms with van der Waals surface area (Å²) in [5, 5.41) is 20.1. The Labute approximate surface area is 100 Å². The van der Waals surface area contributed by atoms with Crippen LogP contribution < -0.4 is 11.1 Å². The number of aliphatic hydroxyl groups is 1. The SMILES string of the molecule is NCC1(C(=O)NCC(O)C(=O)O)CCCCC1. The number of nitrogens with one attached hydrogen (secondary N) is 1. The fourth-order valence-corrected chi connectivity index (χ4v) is 2.22. The van der Waals surface area contributed by atoms with Gasteiger partial charge in [-0.2, -0.15) is 0 Å². The molecular weight excluding hydrogens is 224 g/mol. The summed E-state index contributed by atoms with van der Waals surface area (Å²) >= 11 is 0. The molecule has 6 nitrogen and oxygen atoms in total. The minimum atomic E-state index is -1.56. The van der Waals surface area contributed by atoms with Crippen LogP contribution in [0.1, 0.15) is 32.1 Å². The molecule has 0 aromatic heterocycles. The zero-order chi connectivity index (χ0) is 12.9. The highest BCUT2D eigenvalue weighted by atomic mass is 16.4. The number of aliphatic carboxylic acids is 1. The summed E-state index contributed by atoms with van der Waals surface area (Å²) in [4.78, 5) is 22.4. The maximum absolute atomic E-state index is 12.0. The van der Waals surface area contributed by atoms with Crippen molar-refractivity contribution in [3.05, 3.63) is 0 Å². The first-order chi connectivity index (χ1) is 8.02. The van der Waals surface area contributed by atoms with E-state index in [2.05, 4.69) is 5.32 Å². The molecule has 0 heterocycles. The van der Waals surface area contributed by atoms with Crippen LogP contribution in [0.5, 0.6) is 0 Å². The van der Waals surface area contributed by atoms with Crippen LogP contribution in [0.15, 0.2) is 0 Å². The number of carboxylic acids is 1. The largest absolute Gasteiger partial charge is 0.479 e. The molecular formula is C11H20N2O4. The number of carbonyl (C=O) groups excluding carboxylic acids is 1. The molecule has 6 heteroatoms. The van der Waals surface area contributed by atoms with Crippen LogP contribution in [0, 0.1) is 5.41 Å². The van der Waals surface area contributed by atoms with Gasteiger partial charge in [0, 0.05) is 6.54 Å². The van der Waals surface area contributed by atoms with Crippen molar-refractivity contribution in [1.29, 1.82) is 0 Å². The third-order valence-corrected chi connectivity index (χ3v) is 3.42. The van der Waals surface area contributed by atoms with E-state index in [1.54, 1.807) is 0 Å². The molecule has 1 aliphatic rings. The van der Waals surface area contributed by atoms with Crippen molar-refractivity contribution in [2.45, 2.75) is 38.2 Å². The lowest BCUT2D eigenvalue weighted by molar-refractivity contribution is -0.146. The molecule has 1 amide bonds. The number of hydrogen-bond donors (Lipinski definition) is 4. The number of rotatable bonds is 5. The third kappa shape index (κ3) is 3.41. The Bertz CT molecular complexity index is 287. The van der Waals surface area contributed by atoms with E-state index < -0.39 is 17.5 Å². The van der Waals surface area contributed by atoms with E-state index >= 15 is 0 Å². The quantitative estimate of drug-likeness (QED) is 0.518. The van der Waals surface area contributed by atoms with Crippen molar-refractivity contribution in [3.8, 4) is 0 Å². The average molecular weight is 244 g/mol. The molecule has 1 unspecified atom stereocenters. The van der Waals surface area contributed by atoms with E-state index in [4.69, 9.17) is 15.9 Å². The highest BCUT2D eigenvalue weighted by Crippen LogP contribution is 2.35. The molecule has 0 aliphatic heterocycles. The molecule has 0 radical (unpaired) electrons. The van der Waals surface area contributed by atoms with Gasteiger partial charge in [-0.1, -0.05) is 19.3 Å². The first kappa shape index (κ1) is 13.9. The molecule has 1 aliphatic carbocycles. The Balaban J connectivity index is 2.52. The Morgan fingerprint density at radius 2 is 1.88 bits per heavy atom. The lowest BCUT2D eigenvalue weighted by Crippen LogP contribution is -2.49. The first-order valence-corrected chi connectivity index (χ1v) is 5.91. The van der Waals surface area contributed by atoms with Crippen molar-refractivity contribution < 1.29 is 19.8 Å². The molecule has 1 fully saturated rings. The standard InChI is InChI=1S/C11H20N2O4/c12-7-11(4-2-1-3-5-11)10(17)13-6-8(14)9(15)16/h8,14H,1-7,12H2,(H,13,17)(H,15,16). The van der Waals surface area contributed by atoms with Gasteiger partial charge in [0.05, 0.1) is 12.0 Å². The number of amides is 1. The minimum Gasteiger partial charge on any atom is -0.479 e. The fourth-order valence-electron chi connectivity index (χ4n) is 2.22. The lowest BCUT2D eigenvalue weighted by Gasteiger charge is -2.34.